The number of rotatable bonds is 5. The number of nitrogens with two attached hydrogens (primary N) is 1. The van der Waals surface area contributed by atoms with Crippen molar-refractivity contribution >= 4 is 39.3 Å². The van der Waals surface area contributed by atoms with Crippen molar-refractivity contribution in [2.24, 2.45) is 11.8 Å². The SMILES string of the molecule is Nc1nc(-c2ccccc2C(=O)N2C[C@H]3C[C@H]3[C@H]2CNC(=O)c2cccc3occc23)cs1. The molecule has 33 heavy (non-hydrogen) atoms. The Bertz CT molecular complexity index is 1380. The summed E-state index contributed by atoms with van der Waals surface area (Å²) in [6, 6.07) is 14.7. The Balaban J connectivity index is 1.23. The number of thiazole rings is 1. The van der Waals surface area contributed by atoms with E-state index in [9.17, 15) is 9.59 Å². The van der Waals surface area contributed by atoms with Crippen LogP contribution in [0, 0.1) is 11.8 Å². The fourth-order valence-electron chi connectivity index (χ4n) is 5.01. The van der Waals surface area contributed by atoms with Gasteiger partial charge in [-0.15, -0.1) is 11.3 Å². The number of hydrogen-bond donors (Lipinski definition) is 2. The minimum Gasteiger partial charge on any atom is -0.464 e. The molecule has 0 radical (unpaired) electrons. The van der Waals surface area contributed by atoms with E-state index in [1.807, 2.05) is 46.7 Å². The number of aromatic nitrogens is 1. The molecule has 1 saturated heterocycles. The van der Waals surface area contributed by atoms with E-state index in [0.29, 0.717) is 45.9 Å². The van der Waals surface area contributed by atoms with Crippen LogP contribution < -0.4 is 11.1 Å². The minimum absolute atomic E-state index is 0.0245. The van der Waals surface area contributed by atoms with Crippen molar-refractivity contribution in [2.75, 3.05) is 18.8 Å². The maximum atomic E-state index is 13.6. The zero-order valence-corrected chi connectivity index (χ0v) is 18.5. The molecular weight excluding hydrogens is 436 g/mol. The molecule has 1 saturated carbocycles. The van der Waals surface area contributed by atoms with Crippen LogP contribution in [0.3, 0.4) is 0 Å². The Morgan fingerprint density at radius 3 is 2.85 bits per heavy atom. The number of hydrogen-bond acceptors (Lipinski definition) is 6. The van der Waals surface area contributed by atoms with E-state index in [4.69, 9.17) is 10.2 Å². The van der Waals surface area contributed by atoms with Crippen molar-refractivity contribution in [3.63, 3.8) is 0 Å². The molecule has 6 rings (SSSR count). The number of piperidine rings is 1. The quantitative estimate of drug-likeness (QED) is 0.470. The van der Waals surface area contributed by atoms with Gasteiger partial charge in [-0.1, -0.05) is 24.3 Å². The molecule has 1 aliphatic carbocycles. The molecule has 0 unspecified atom stereocenters. The topological polar surface area (TPSA) is 101 Å². The predicted octanol–water partition coefficient (Wildman–Crippen LogP) is 4.03. The molecule has 2 fully saturated rings. The molecule has 2 aliphatic rings. The number of likely N-dealkylation sites (tertiary alicyclic amines) is 1. The van der Waals surface area contributed by atoms with Crippen LogP contribution in [0.25, 0.3) is 22.2 Å². The van der Waals surface area contributed by atoms with E-state index in [1.165, 1.54) is 11.3 Å². The number of fused-ring (bicyclic) bond motifs is 2. The van der Waals surface area contributed by atoms with Gasteiger partial charge in [0.1, 0.15) is 5.58 Å². The highest BCUT2D eigenvalue weighted by molar-refractivity contribution is 7.13. The van der Waals surface area contributed by atoms with E-state index in [0.717, 1.165) is 23.9 Å². The largest absolute Gasteiger partial charge is 0.464 e. The first-order chi connectivity index (χ1) is 16.1. The number of benzene rings is 2. The highest BCUT2D eigenvalue weighted by Crippen LogP contribution is 2.50. The maximum absolute atomic E-state index is 13.6. The Morgan fingerprint density at radius 1 is 1.15 bits per heavy atom. The molecule has 2 aromatic heterocycles. The lowest BCUT2D eigenvalue weighted by Crippen LogP contribution is -2.45. The van der Waals surface area contributed by atoms with Crippen molar-refractivity contribution in [3.8, 4) is 11.3 Å². The number of furan rings is 1. The van der Waals surface area contributed by atoms with E-state index < -0.39 is 0 Å². The Kier molecular flexibility index (Phi) is 4.69. The Labute approximate surface area is 194 Å². The van der Waals surface area contributed by atoms with Crippen LogP contribution in [0.15, 0.2) is 64.6 Å². The van der Waals surface area contributed by atoms with Crippen LogP contribution >= 0.6 is 11.3 Å². The van der Waals surface area contributed by atoms with Crippen LogP contribution in [-0.2, 0) is 0 Å². The van der Waals surface area contributed by atoms with Crippen molar-refractivity contribution in [3.05, 3.63) is 71.3 Å². The normalized spacial score (nSPS) is 21.2. The van der Waals surface area contributed by atoms with E-state index in [1.54, 1.807) is 18.4 Å². The van der Waals surface area contributed by atoms with E-state index in [-0.39, 0.29) is 17.9 Å². The molecular formula is C25H22N4O3S. The monoisotopic (exact) mass is 458 g/mol. The molecule has 3 atom stereocenters. The van der Waals surface area contributed by atoms with Gasteiger partial charge >= 0.3 is 0 Å². The van der Waals surface area contributed by atoms with Crippen molar-refractivity contribution in [2.45, 2.75) is 12.5 Å². The van der Waals surface area contributed by atoms with Gasteiger partial charge in [0, 0.05) is 35.0 Å². The van der Waals surface area contributed by atoms with Gasteiger partial charge < -0.3 is 20.4 Å². The summed E-state index contributed by atoms with van der Waals surface area (Å²) in [5.74, 6) is 0.758. The summed E-state index contributed by atoms with van der Waals surface area (Å²) in [6.45, 7) is 1.14. The Hall–Kier alpha value is -3.65. The number of anilines is 1. The number of nitrogens with one attached hydrogen (secondary N) is 1. The number of carbonyl (C=O) groups is 2. The van der Waals surface area contributed by atoms with Crippen LogP contribution in [0.2, 0.25) is 0 Å². The second kappa shape index (κ2) is 7.74. The summed E-state index contributed by atoms with van der Waals surface area (Å²) in [6.07, 6.45) is 2.69. The van der Waals surface area contributed by atoms with E-state index in [2.05, 4.69) is 10.3 Å². The third kappa shape index (κ3) is 3.47. The molecule has 8 heteroatoms. The lowest BCUT2D eigenvalue weighted by Gasteiger charge is -2.28. The summed E-state index contributed by atoms with van der Waals surface area (Å²) in [5, 5.41) is 6.20. The second-order valence-corrected chi connectivity index (χ2v) is 9.54. The number of nitrogen functional groups attached to an aromatic ring is 1. The van der Waals surface area contributed by atoms with E-state index >= 15 is 0 Å². The molecule has 3 heterocycles. The molecule has 0 bridgehead atoms. The van der Waals surface area contributed by atoms with Crippen LogP contribution in [0.5, 0.6) is 0 Å². The highest BCUT2D eigenvalue weighted by Gasteiger charge is 2.54. The van der Waals surface area contributed by atoms with Gasteiger partial charge in [0.05, 0.1) is 23.6 Å². The summed E-state index contributed by atoms with van der Waals surface area (Å²) in [4.78, 5) is 32.9. The maximum Gasteiger partial charge on any atom is 0.254 e. The van der Waals surface area contributed by atoms with Gasteiger partial charge in [0.15, 0.2) is 5.13 Å². The van der Waals surface area contributed by atoms with Gasteiger partial charge in [-0.2, -0.15) is 0 Å². The van der Waals surface area contributed by atoms with Crippen molar-refractivity contribution in [1.82, 2.24) is 15.2 Å². The third-order valence-electron chi connectivity index (χ3n) is 6.73. The lowest BCUT2D eigenvalue weighted by molar-refractivity contribution is 0.0695. The summed E-state index contributed by atoms with van der Waals surface area (Å²) in [5.41, 5.74) is 9.19. The van der Waals surface area contributed by atoms with Gasteiger partial charge in [-0.3, -0.25) is 9.59 Å². The first-order valence-corrected chi connectivity index (χ1v) is 11.8. The summed E-state index contributed by atoms with van der Waals surface area (Å²) in [7, 11) is 0. The second-order valence-electron chi connectivity index (χ2n) is 8.65. The molecule has 2 aromatic carbocycles. The average Bonchev–Trinajstić information content (AvgIpc) is 3.18. The number of nitrogens with zero attached hydrogens (tertiary/aromatic N) is 2. The van der Waals surface area contributed by atoms with Crippen LogP contribution in [0.1, 0.15) is 27.1 Å². The lowest BCUT2D eigenvalue weighted by atomic mass is 10.0. The third-order valence-corrected chi connectivity index (χ3v) is 7.41. The van der Waals surface area contributed by atoms with Crippen molar-refractivity contribution in [1.29, 1.82) is 0 Å². The van der Waals surface area contributed by atoms with Crippen LogP contribution in [0.4, 0.5) is 5.13 Å². The standard InChI is InChI=1S/C25H22N4O3S/c26-25-28-20(13-33-25)15-4-1-2-5-18(15)24(31)29-12-14-10-19(14)21(29)11-27-23(30)17-6-3-7-22-16(17)8-9-32-22/h1-9,13-14,19,21H,10-12H2,(H2,26,28)(H,27,30)/t14-,19-,21-/m1/s1. The molecule has 4 aromatic rings. The zero-order chi connectivity index (χ0) is 22.5. The molecule has 3 N–H and O–H groups in total. The van der Waals surface area contributed by atoms with Gasteiger partial charge in [-0.25, -0.2) is 4.98 Å². The average molecular weight is 459 g/mol. The minimum atomic E-state index is -0.156. The fourth-order valence-corrected chi connectivity index (χ4v) is 5.57. The molecule has 0 spiro atoms. The highest BCUT2D eigenvalue weighted by atomic mass is 32.1. The number of carbonyl (C=O) groups excluding carboxylic acids is 2. The molecule has 166 valence electrons. The van der Waals surface area contributed by atoms with Gasteiger partial charge in [-0.05, 0) is 42.5 Å². The first-order valence-electron chi connectivity index (χ1n) is 11.0. The van der Waals surface area contributed by atoms with Crippen molar-refractivity contribution < 1.29 is 14.0 Å². The zero-order valence-electron chi connectivity index (χ0n) is 17.7. The number of amides is 2. The predicted molar refractivity (Wildman–Crippen MR) is 127 cm³/mol. The molecule has 7 nitrogen and oxygen atoms in total. The van der Waals surface area contributed by atoms with Gasteiger partial charge in [0.25, 0.3) is 11.8 Å². The molecule has 1 aliphatic heterocycles. The summed E-state index contributed by atoms with van der Waals surface area (Å²) < 4.78 is 5.41. The van der Waals surface area contributed by atoms with Crippen LogP contribution in [-0.4, -0.2) is 40.8 Å². The molecule has 2 amide bonds. The first kappa shape index (κ1) is 20.0. The fraction of sp³-hybridized carbons (Fsp3) is 0.240. The smallest absolute Gasteiger partial charge is 0.254 e. The summed E-state index contributed by atoms with van der Waals surface area (Å²) >= 11 is 1.36. The van der Waals surface area contributed by atoms with Gasteiger partial charge in [0.2, 0.25) is 0 Å². The Morgan fingerprint density at radius 2 is 2.00 bits per heavy atom.